The monoisotopic (exact) mass is 284 g/mol. The molecule has 0 aromatic heterocycles. The Morgan fingerprint density at radius 3 is 2.20 bits per heavy atom. The van der Waals surface area contributed by atoms with Gasteiger partial charge in [0.2, 0.25) is 5.92 Å². The van der Waals surface area contributed by atoms with Gasteiger partial charge >= 0.3 is 0 Å². The van der Waals surface area contributed by atoms with Crippen LogP contribution in [0.1, 0.15) is 51.2 Å². The first-order chi connectivity index (χ1) is 9.37. The quantitative estimate of drug-likeness (QED) is 0.891. The van der Waals surface area contributed by atoms with Gasteiger partial charge in [0.25, 0.3) is 0 Å². The molecule has 1 atom stereocenters. The number of halogens is 2. The topological polar surface area (TPSA) is 29.5 Å². The van der Waals surface area contributed by atoms with Gasteiger partial charge in [-0.2, -0.15) is 0 Å². The molecule has 0 aliphatic heterocycles. The molecule has 0 amide bonds. The molecule has 1 N–H and O–H groups in total. The molecule has 0 saturated heterocycles. The molecule has 112 valence electrons. The summed E-state index contributed by atoms with van der Waals surface area (Å²) in [5.41, 5.74) is 0.774. The van der Waals surface area contributed by atoms with Gasteiger partial charge in [0, 0.05) is 12.8 Å². The number of hydrogen-bond donors (Lipinski definition) is 1. The molecule has 1 aromatic carbocycles. The second kappa shape index (κ2) is 6.08. The van der Waals surface area contributed by atoms with Crippen molar-refractivity contribution >= 4 is 0 Å². The summed E-state index contributed by atoms with van der Waals surface area (Å²) in [5, 5.41) is 10.3. The first kappa shape index (κ1) is 15.2. The minimum absolute atomic E-state index is 0.0773. The number of benzene rings is 1. The number of ether oxygens (including phenoxy) is 1. The average Bonchev–Trinajstić information content (AvgIpc) is 2.38. The highest BCUT2D eigenvalue weighted by Gasteiger charge is 2.37. The zero-order valence-corrected chi connectivity index (χ0v) is 12.0. The lowest BCUT2D eigenvalue weighted by Gasteiger charge is -2.31. The Morgan fingerprint density at radius 2 is 1.70 bits per heavy atom. The molecule has 20 heavy (non-hydrogen) atoms. The largest absolute Gasteiger partial charge is 0.491 e. The first-order valence-electron chi connectivity index (χ1n) is 7.20. The van der Waals surface area contributed by atoms with Crippen LogP contribution in [0.2, 0.25) is 0 Å². The minimum Gasteiger partial charge on any atom is -0.491 e. The molecular weight excluding hydrogens is 262 g/mol. The van der Waals surface area contributed by atoms with Crippen LogP contribution in [-0.2, 0) is 0 Å². The van der Waals surface area contributed by atoms with Crippen molar-refractivity contribution in [3.63, 3.8) is 0 Å². The molecule has 0 radical (unpaired) electrons. The van der Waals surface area contributed by atoms with Gasteiger partial charge in [0.15, 0.2) is 0 Å². The average molecular weight is 284 g/mol. The molecule has 2 rings (SSSR count). The Labute approximate surface area is 118 Å². The summed E-state index contributed by atoms with van der Waals surface area (Å²) < 4.78 is 31.8. The normalized spacial score (nSPS) is 20.9. The number of alkyl halides is 2. The summed E-state index contributed by atoms with van der Waals surface area (Å²) in [4.78, 5) is 0. The summed E-state index contributed by atoms with van der Waals surface area (Å²) in [6.45, 7) is 3.90. The maximum absolute atomic E-state index is 13.1. The number of aliphatic hydroxyl groups excluding tert-OH is 1. The molecular formula is C16H22F2O2. The van der Waals surface area contributed by atoms with Crippen LogP contribution in [-0.4, -0.2) is 17.1 Å². The van der Waals surface area contributed by atoms with Gasteiger partial charge in [-0.1, -0.05) is 12.1 Å². The van der Waals surface area contributed by atoms with E-state index in [-0.39, 0.29) is 24.9 Å². The molecule has 2 nitrogen and oxygen atoms in total. The lowest BCUT2D eigenvalue weighted by atomic mass is 9.81. The van der Waals surface area contributed by atoms with Crippen molar-refractivity contribution < 1.29 is 18.6 Å². The fourth-order valence-corrected chi connectivity index (χ4v) is 2.67. The van der Waals surface area contributed by atoms with Crippen molar-refractivity contribution in [2.45, 2.75) is 57.7 Å². The highest BCUT2D eigenvalue weighted by molar-refractivity contribution is 5.29. The van der Waals surface area contributed by atoms with E-state index in [4.69, 9.17) is 4.74 Å². The van der Waals surface area contributed by atoms with Crippen LogP contribution in [0.5, 0.6) is 5.75 Å². The zero-order valence-electron chi connectivity index (χ0n) is 12.0. The van der Waals surface area contributed by atoms with Gasteiger partial charge in [0.05, 0.1) is 12.2 Å². The van der Waals surface area contributed by atoms with E-state index in [0.717, 1.165) is 11.3 Å². The van der Waals surface area contributed by atoms with E-state index in [2.05, 4.69) is 0 Å². The predicted molar refractivity (Wildman–Crippen MR) is 74.1 cm³/mol. The zero-order chi connectivity index (χ0) is 14.8. The van der Waals surface area contributed by atoms with Crippen molar-refractivity contribution in [3.8, 4) is 5.75 Å². The number of aliphatic hydroxyl groups is 1. The van der Waals surface area contributed by atoms with Crippen LogP contribution in [0.3, 0.4) is 0 Å². The molecule has 1 aliphatic rings. The SMILES string of the molecule is CC(C)Oc1ccc(C(O)C2CCC(F)(F)CC2)cc1. The third kappa shape index (κ3) is 3.92. The van der Waals surface area contributed by atoms with E-state index < -0.39 is 12.0 Å². The Morgan fingerprint density at radius 1 is 1.15 bits per heavy atom. The van der Waals surface area contributed by atoms with Crippen LogP contribution >= 0.6 is 0 Å². The molecule has 1 unspecified atom stereocenters. The summed E-state index contributed by atoms with van der Waals surface area (Å²) in [6, 6.07) is 7.26. The minimum atomic E-state index is -2.55. The molecule has 1 fully saturated rings. The third-order valence-corrected chi connectivity index (χ3v) is 3.80. The molecule has 1 aliphatic carbocycles. The summed E-state index contributed by atoms with van der Waals surface area (Å²) in [7, 11) is 0. The smallest absolute Gasteiger partial charge is 0.248 e. The Hall–Kier alpha value is -1.16. The first-order valence-corrected chi connectivity index (χ1v) is 7.20. The van der Waals surface area contributed by atoms with Crippen molar-refractivity contribution in [2.24, 2.45) is 5.92 Å². The van der Waals surface area contributed by atoms with E-state index in [1.807, 2.05) is 38.1 Å². The van der Waals surface area contributed by atoms with E-state index in [0.29, 0.717) is 12.8 Å². The van der Waals surface area contributed by atoms with Crippen LogP contribution in [0.4, 0.5) is 8.78 Å². The second-order valence-electron chi connectivity index (χ2n) is 5.87. The van der Waals surface area contributed by atoms with E-state index >= 15 is 0 Å². The van der Waals surface area contributed by atoms with Crippen LogP contribution in [0.25, 0.3) is 0 Å². The highest BCUT2D eigenvalue weighted by atomic mass is 19.3. The molecule has 0 heterocycles. The van der Waals surface area contributed by atoms with Crippen LogP contribution < -0.4 is 4.74 Å². The van der Waals surface area contributed by atoms with Gasteiger partial charge in [-0.05, 0) is 50.3 Å². The number of hydrogen-bond acceptors (Lipinski definition) is 2. The van der Waals surface area contributed by atoms with E-state index in [1.54, 1.807) is 0 Å². The van der Waals surface area contributed by atoms with Crippen LogP contribution in [0, 0.1) is 5.92 Å². The third-order valence-electron chi connectivity index (χ3n) is 3.80. The van der Waals surface area contributed by atoms with Crippen molar-refractivity contribution in [3.05, 3.63) is 29.8 Å². The fraction of sp³-hybridized carbons (Fsp3) is 0.625. The van der Waals surface area contributed by atoms with E-state index in [1.165, 1.54) is 0 Å². The molecule has 0 spiro atoms. The fourth-order valence-electron chi connectivity index (χ4n) is 2.67. The lowest BCUT2D eigenvalue weighted by molar-refractivity contribution is -0.0627. The lowest BCUT2D eigenvalue weighted by Crippen LogP contribution is -2.27. The Balaban J connectivity index is 1.97. The summed E-state index contributed by atoms with van der Waals surface area (Å²) in [5.74, 6) is -1.87. The molecule has 1 aromatic rings. The van der Waals surface area contributed by atoms with E-state index in [9.17, 15) is 13.9 Å². The maximum atomic E-state index is 13.1. The second-order valence-corrected chi connectivity index (χ2v) is 5.87. The molecule has 1 saturated carbocycles. The van der Waals surface area contributed by atoms with Gasteiger partial charge < -0.3 is 9.84 Å². The Kier molecular flexibility index (Phi) is 4.63. The maximum Gasteiger partial charge on any atom is 0.248 e. The molecule has 0 bridgehead atoms. The van der Waals surface area contributed by atoms with Crippen molar-refractivity contribution in [1.29, 1.82) is 0 Å². The number of rotatable bonds is 4. The van der Waals surface area contributed by atoms with Gasteiger partial charge in [-0.3, -0.25) is 0 Å². The Bertz CT molecular complexity index is 419. The highest BCUT2D eigenvalue weighted by Crippen LogP contribution is 2.41. The summed E-state index contributed by atoms with van der Waals surface area (Å²) >= 11 is 0. The molecule has 4 heteroatoms. The van der Waals surface area contributed by atoms with Gasteiger partial charge in [0.1, 0.15) is 5.75 Å². The standard InChI is InChI=1S/C16H22F2O2/c1-11(2)20-14-5-3-12(4-6-14)15(19)13-7-9-16(17,18)10-8-13/h3-6,11,13,15,19H,7-10H2,1-2H3. The van der Waals surface area contributed by atoms with Gasteiger partial charge in [-0.25, -0.2) is 8.78 Å². The van der Waals surface area contributed by atoms with Crippen LogP contribution in [0.15, 0.2) is 24.3 Å². The summed E-state index contributed by atoms with van der Waals surface area (Å²) in [6.07, 6.45) is -0.0610. The van der Waals surface area contributed by atoms with Crippen molar-refractivity contribution in [1.82, 2.24) is 0 Å². The predicted octanol–water partition coefficient (Wildman–Crippen LogP) is 4.33. The van der Waals surface area contributed by atoms with Gasteiger partial charge in [-0.15, -0.1) is 0 Å². The van der Waals surface area contributed by atoms with Crippen molar-refractivity contribution in [2.75, 3.05) is 0 Å².